The quantitative estimate of drug-likeness (QED) is 0.0920. The Morgan fingerprint density at radius 1 is 0.723 bits per heavy atom. The van der Waals surface area contributed by atoms with Crippen LogP contribution < -0.4 is 40.2 Å². The largest absolute Gasteiger partial charge is 1.00 e. The van der Waals surface area contributed by atoms with E-state index < -0.39 is 57.4 Å². The van der Waals surface area contributed by atoms with Crippen LogP contribution in [0.4, 0.5) is 11.4 Å². The number of nitrogens with zero attached hydrogens (tertiary/aromatic N) is 2. The molecule has 2 N–H and O–H groups in total. The Bertz CT molecular complexity index is 1670. The van der Waals surface area contributed by atoms with E-state index in [2.05, 4.69) is 15.5 Å². The molecule has 0 saturated carbocycles. The first-order chi connectivity index (χ1) is 21.6. The Balaban J connectivity index is 0.000000324. The summed E-state index contributed by atoms with van der Waals surface area (Å²) in [5.41, 5.74) is 1.09. The third-order valence-corrected chi connectivity index (χ3v) is 8.27. The molecule has 2 aromatic rings. The number of alkyl halides is 2. The van der Waals surface area contributed by atoms with Gasteiger partial charge in [0.15, 0.2) is 0 Å². The Hall–Kier alpha value is -3.03. The number of hydroxylamine groups is 4. The fourth-order valence-corrected chi connectivity index (χ4v) is 4.67. The topological polar surface area (TPSA) is 243 Å². The molecule has 6 amide bonds. The van der Waals surface area contributed by atoms with Gasteiger partial charge < -0.3 is 24.9 Å². The van der Waals surface area contributed by atoms with Crippen LogP contribution >= 0.6 is 45.2 Å². The van der Waals surface area contributed by atoms with E-state index in [4.69, 9.17) is 4.84 Å². The summed E-state index contributed by atoms with van der Waals surface area (Å²) in [5.74, 6) is -5.86. The maximum Gasteiger partial charge on any atom is 1.00 e. The average Bonchev–Trinajstić information content (AvgIpc) is 3.49. The molecule has 2 aliphatic heterocycles. The number of benzene rings is 2. The second-order valence-electron chi connectivity index (χ2n) is 9.07. The Morgan fingerprint density at radius 3 is 1.45 bits per heavy atom. The van der Waals surface area contributed by atoms with E-state index in [0.29, 0.717) is 20.9 Å². The molecule has 0 aromatic heterocycles. The molecule has 2 aromatic carbocycles. The Labute approximate surface area is 315 Å². The van der Waals surface area contributed by atoms with Crippen molar-refractivity contribution in [2.75, 3.05) is 19.5 Å². The van der Waals surface area contributed by atoms with Crippen LogP contribution in [-0.4, -0.2) is 84.6 Å². The maximum atomic E-state index is 12.0. The summed E-state index contributed by atoms with van der Waals surface area (Å²) >= 11 is 3.81. The molecular weight excluding hydrogens is 885 g/mol. The van der Waals surface area contributed by atoms with E-state index in [9.17, 15) is 51.3 Å². The van der Waals surface area contributed by atoms with E-state index >= 15 is 0 Å². The molecule has 0 spiro atoms. The summed E-state index contributed by atoms with van der Waals surface area (Å²) in [6.07, 6.45) is -0.778. The van der Waals surface area contributed by atoms with Crippen molar-refractivity contribution < 1.29 is 90.6 Å². The number of carbonyl (C=O) groups is 8. The maximum absolute atomic E-state index is 12.0. The van der Waals surface area contributed by atoms with Gasteiger partial charge >= 0.3 is 41.5 Å². The third-order valence-electron chi connectivity index (χ3n) is 5.82. The van der Waals surface area contributed by atoms with Crippen LogP contribution in [0, 0.1) is 0 Å². The molecule has 0 radical (unpaired) electrons. The zero-order valence-corrected chi connectivity index (χ0v) is 31.2. The fourth-order valence-electron chi connectivity index (χ4n) is 3.60. The van der Waals surface area contributed by atoms with Gasteiger partial charge in [-0.2, -0.15) is 0 Å². The molecule has 4 rings (SSSR count). The molecule has 0 bridgehead atoms. The SMILES string of the molecule is O=C(CI)Nc1ccc(C(=O)ON2C(=O)CC(S(=O)(=O)[O-])C2=O)cc1.O=C(CI)Nc1ccc(C(=O)ON2C(=O)CCC2=O)cc1.[Na+]. The van der Waals surface area contributed by atoms with Crippen molar-refractivity contribution in [2.24, 2.45) is 0 Å². The summed E-state index contributed by atoms with van der Waals surface area (Å²) in [5, 5.41) is 3.55. The number of carbonyl (C=O) groups excluding carboxylic acids is 8. The Morgan fingerprint density at radius 2 is 1.11 bits per heavy atom. The van der Waals surface area contributed by atoms with Gasteiger partial charge in [-0.1, -0.05) is 45.2 Å². The number of hydrogen-bond donors (Lipinski definition) is 2. The van der Waals surface area contributed by atoms with Gasteiger partial charge in [0.2, 0.25) is 11.8 Å². The molecule has 21 heteroatoms. The number of halogens is 2. The normalized spacial score (nSPS) is 15.7. The van der Waals surface area contributed by atoms with Gasteiger partial charge in [-0.05, 0) is 48.5 Å². The van der Waals surface area contributed by atoms with Crippen molar-refractivity contribution in [2.45, 2.75) is 24.5 Å². The van der Waals surface area contributed by atoms with E-state index in [1.807, 2.05) is 45.2 Å². The van der Waals surface area contributed by atoms with Crippen LogP contribution in [0.2, 0.25) is 0 Å². The minimum absolute atomic E-state index is 0. The number of amides is 6. The molecular formula is C26H21I2N4NaO13S. The van der Waals surface area contributed by atoms with Crippen molar-refractivity contribution in [3.05, 3.63) is 59.7 Å². The van der Waals surface area contributed by atoms with Crippen LogP contribution in [0.25, 0.3) is 0 Å². The van der Waals surface area contributed by atoms with Crippen LogP contribution in [-0.2, 0) is 48.6 Å². The fraction of sp³-hybridized carbons (Fsp3) is 0.231. The minimum Gasteiger partial charge on any atom is -0.747 e. The van der Waals surface area contributed by atoms with Gasteiger partial charge in [0.25, 0.3) is 23.6 Å². The Kier molecular flexibility index (Phi) is 15.3. The molecule has 2 aliphatic rings. The number of imide groups is 2. The second kappa shape index (κ2) is 17.9. The molecule has 244 valence electrons. The van der Waals surface area contributed by atoms with Crippen LogP contribution in [0.1, 0.15) is 40.0 Å². The van der Waals surface area contributed by atoms with Crippen molar-refractivity contribution in [1.29, 1.82) is 0 Å². The van der Waals surface area contributed by atoms with Crippen molar-refractivity contribution >= 4 is 114 Å². The molecule has 2 saturated heterocycles. The van der Waals surface area contributed by atoms with Gasteiger partial charge in [-0.25, -0.2) is 18.0 Å². The summed E-state index contributed by atoms with van der Waals surface area (Å²) in [6, 6.07) is 11.3. The third kappa shape index (κ3) is 11.3. The zero-order chi connectivity index (χ0) is 34.2. The van der Waals surface area contributed by atoms with E-state index in [1.165, 1.54) is 48.5 Å². The van der Waals surface area contributed by atoms with Gasteiger partial charge in [-0.15, -0.1) is 10.1 Å². The number of nitrogens with one attached hydrogen (secondary N) is 2. The molecule has 0 aliphatic carbocycles. The van der Waals surface area contributed by atoms with Crippen LogP contribution in [0.3, 0.4) is 0 Å². The first-order valence-electron chi connectivity index (χ1n) is 12.7. The molecule has 17 nitrogen and oxygen atoms in total. The first kappa shape index (κ1) is 40.1. The molecule has 2 heterocycles. The van der Waals surface area contributed by atoms with Gasteiger partial charge in [0.05, 0.1) is 26.4 Å². The van der Waals surface area contributed by atoms with Gasteiger partial charge in [0.1, 0.15) is 15.4 Å². The molecule has 2 fully saturated rings. The molecule has 1 atom stereocenters. The van der Waals surface area contributed by atoms with Gasteiger partial charge in [-0.3, -0.25) is 28.8 Å². The van der Waals surface area contributed by atoms with E-state index in [-0.39, 0.29) is 74.8 Å². The minimum atomic E-state index is -5.03. The summed E-state index contributed by atoms with van der Waals surface area (Å²) in [7, 11) is -5.03. The summed E-state index contributed by atoms with van der Waals surface area (Å²) in [6.45, 7) is 0. The summed E-state index contributed by atoms with van der Waals surface area (Å²) < 4.78 is 33.3. The monoisotopic (exact) mass is 906 g/mol. The second-order valence-corrected chi connectivity index (χ2v) is 12.1. The predicted molar refractivity (Wildman–Crippen MR) is 170 cm³/mol. The standard InChI is InChI=1S/C13H11IN2O8S.C13H11IN2O5.Na/c14-6-10(17)15-8-3-1-7(2-4-8)13(20)24-16-11(18)5-9(12(16)19)25(21,22)23;14-7-10(17)15-9-3-1-8(2-4-9)13(20)21-16-11(18)5-6-12(16)19;/h1-4,9H,5-6H2,(H,15,17)(H,21,22,23);1-4H,5-7H2,(H,15,17);/q;;+1/p-1. The van der Waals surface area contributed by atoms with Crippen molar-refractivity contribution in [3.8, 4) is 0 Å². The average molecular weight is 906 g/mol. The van der Waals surface area contributed by atoms with Gasteiger partial charge in [0, 0.05) is 24.2 Å². The van der Waals surface area contributed by atoms with E-state index in [0.717, 1.165) is 0 Å². The summed E-state index contributed by atoms with van der Waals surface area (Å²) in [4.78, 5) is 102. The zero-order valence-electron chi connectivity index (χ0n) is 24.1. The number of hydrogen-bond acceptors (Lipinski definition) is 13. The molecule has 47 heavy (non-hydrogen) atoms. The number of anilines is 2. The smallest absolute Gasteiger partial charge is 0.747 e. The van der Waals surface area contributed by atoms with E-state index in [1.54, 1.807) is 0 Å². The van der Waals surface area contributed by atoms with Crippen LogP contribution in [0.15, 0.2) is 48.5 Å². The molecule has 1 unspecified atom stereocenters. The first-order valence-corrected chi connectivity index (χ1v) is 17.2. The number of rotatable bonds is 9. The van der Waals surface area contributed by atoms with Crippen molar-refractivity contribution in [3.63, 3.8) is 0 Å². The van der Waals surface area contributed by atoms with Crippen LogP contribution in [0.5, 0.6) is 0 Å². The van der Waals surface area contributed by atoms with Crippen molar-refractivity contribution in [1.82, 2.24) is 10.1 Å². The predicted octanol–water partition coefficient (Wildman–Crippen LogP) is -1.91.